The van der Waals surface area contributed by atoms with Crippen LogP contribution in [-0.2, 0) is 9.53 Å². The van der Waals surface area contributed by atoms with Crippen LogP contribution in [0.4, 0.5) is 5.00 Å². The molecule has 0 spiro atoms. The normalized spacial score (nSPS) is 22.4. The van der Waals surface area contributed by atoms with Gasteiger partial charge in [0.1, 0.15) is 5.00 Å². The fraction of sp³-hybridized carbons (Fsp3) is 0.538. The summed E-state index contributed by atoms with van der Waals surface area (Å²) in [5.41, 5.74) is 0.155. The van der Waals surface area contributed by atoms with Crippen LogP contribution in [-0.4, -0.2) is 29.7 Å². The Labute approximate surface area is 115 Å². The van der Waals surface area contributed by atoms with Crippen molar-refractivity contribution in [2.75, 3.05) is 11.9 Å². The van der Waals surface area contributed by atoms with Gasteiger partial charge in [0.2, 0.25) is 5.91 Å². The Morgan fingerprint density at radius 3 is 2.95 bits per heavy atom. The van der Waals surface area contributed by atoms with Crippen LogP contribution in [0.5, 0.6) is 0 Å². The average Bonchev–Trinajstić information content (AvgIpc) is 2.95. The van der Waals surface area contributed by atoms with E-state index in [1.807, 2.05) is 13.8 Å². The number of anilines is 1. The van der Waals surface area contributed by atoms with Crippen molar-refractivity contribution in [3.8, 4) is 0 Å². The first-order valence-electron chi connectivity index (χ1n) is 6.29. The summed E-state index contributed by atoms with van der Waals surface area (Å²) in [6, 6.07) is 1.57. The van der Waals surface area contributed by atoms with Gasteiger partial charge in [-0.2, -0.15) is 0 Å². The Bertz CT molecular complexity index is 497. The molecular weight excluding hydrogens is 266 g/mol. The van der Waals surface area contributed by atoms with E-state index in [0.717, 1.165) is 11.3 Å². The summed E-state index contributed by atoms with van der Waals surface area (Å²) in [5.74, 6) is -1.35. The largest absolute Gasteiger partial charge is 0.478 e. The van der Waals surface area contributed by atoms with E-state index in [4.69, 9.17) is 9.84 Å². The average molecular weight is 283 g/mol. The fourth-order valence-electron chi connectivity index (χ4n) is 2.32. The molecule has 104 valence electrons. The summed E-state index contributed by atoms with van der Waals surface area (Å²) >= 11 is 1.29. The lowest BCUT2D eigenvalue weighted by molar-refractivity contribution is -0.121. The minimum absolute atomic E-state index is 0.0608. The van der Waals surface area contributed by atoms with Gasteiger partial charge >= 0.3 is 5.97 Å². The van der Waals surface area contributed by atoms with Gasteiger partial charge in [0, 0.05) is 11.5 Å². The number of amides is 1. The lowest BCUT2D eigenvalue weighted by atomic mass is 9.99. The number of carbonyl (C=O) groups excluding carboxylic acids is 1. The maximum Gasteiger partial charge on any atom is 0.338 e. The van der Waals surface area contributed by atoms with Gasteiger partial charge in [0.15, 0.2) is 0 Å². The molecule has 2 heterocycles. The molecule has 1 aliphatic rings. The van der Waals surface area contributed by atoms with Gasteiger partial charge in [0.25, 0.3) is 0 Å². The molecule has 2 atom stereocenters. The quantitative estimate of drug-likeness (QED) is 0.890. The molecule has 1 amide bonds. The summed E-state index contributed by atoms with van der Waals surface area (Å²) in [5, 5.41) is 12.2. The third-order valence-electron chi connectivity index (χ3n) is 3.27. The molecule has 1 saturated heterocycles. The zero-order valence-electron chi connectivity index (χ0n) is 10.9. The van der Waals surface area contributed by atoms with Crippen molar-refractivity contribution in [1.29, 1.82) is 0 Å². The molecule has 0 saturated carbocycles. The van der Waals surface area contributed by atoms with Crippen LogP contribution in [0, 0.1) is 12.8 Å². The number of thiophene rings is 1. The first-order valence-corrected chi connectivity index (χ1v) is 7.10. The molecule has 1 aromatic heterocycles. The first-order chi connectivity index (χ1) is 9.02. The lowest BCUT2D eigenvalue weighted by Gasteiger charge is -2.16. The predicted molar refractivity (Wildman–Crippen MR) is 72.8 cm³/mol. The monoisotopic (exact) mass is 283 g/mol. The predicted octanol–water partition coefficient (Wildman–Crippen LogP) is 2.51. The molecule has 1 aliphatic heterocycles. The van der Waals surface area contributed by atoms with Gasteiger partial charge in [-0.05, 0) is 25.8 Å². The van der Waals surface area contributed by atoms with Crippen LogP contribution in [0.3, 0.4) is 0 Å². The van der Waals surface area contributed by atoms with E-state index in [1.165, 1.54) is 11.3 Å². The van der Waals surface area contributed by atoms with E-state index in [9.17, 15) is 9.59 Å². The molecule has 2 N–H and O–H groups in total. The number of hydrogen-bond acceptors (Lipinski definition) is 4. The highest BCUT2D eigenvalue weighted by Gasteiger charge is 2.33. The van der Waals surface area contributed by atoms with Crippen LogP contribution in [0.15, 0.2) is 6.07 Å². The number of nitrogens with one attached hydrogen (secondary N) is 1. The highest BCUT2D eigenvalue weighted by molar-refractivity contribution is 7.16. The number of carbonyl (C=O) groups is 2. The number of aromatic carboxylic acids is 1. The van der Waals surface area contributed by atoms with Crippen molar-refractivity contribution in [3.05, 3.63) is 16.5 Å². The van der Waals surface area contributed by atoms with Gasteiger partial charge in [0.05, 0.1) is 17.6 Å². The molecule has 0 bridgehead atoms. The Balaban J connectivity index is 2.12. The highest BCUT2D eigenvalue weighted by atomic mass is 32.1. The summed E-state index contributed by atoms with van der Waals surface area (Å²) < 4.78 is 5.48. The number of carboxylic acid groups (broad SMARTS) is 1. The molecule has 5 nitrogen and oxygen atoms in total. The molecule has 6 heteroatoms. The molecule has 0 aliphatic carbocycles. The van der Waals surface area contributed by atoms with E-state index in [2.05, 4.69) is 5.32 Å². The minimum Gasteiger partial charge on any atom is -0.478 e. The minimum atomic E-state index is -1.02. The summed E-state index contributed by atoms with van der Waals surface area (Å²) in [7, 11) is 0. The van der Waals surface area contributed by atoms with Crippen molar-refractivity contribution in [2.24, 2.45) is 5.92 Å². The van der Waals surface area contributed by atoms with Gasteiger partial charge in [-0.1, -0.05) is 6.92 Å². The molecule has 2 rings (SSSR count). The van der Waals surface area contributed by atoms with E-state index in [-0.39, 0.29) is 23.5 Å². The number of rotatable bonds is 4. The van der Waals surface area contributed by atoms with Crippen molar-refractivity contribution in [2.45, 2.75) is 32.8 Å². The van der Waals surface area contributed by atoms with Crippen molar-refractivity contribution >= 4 is 28.2 Å². The Morgan fingerprint density at radius 2 is 2.32 bits per heavy atom. The molecule has 1 fully saturated rings. The Kier molecular flexibility index (Phi) is 4.21. The number of hydrogen-bond donors (Lipinski definition) is 2. The zero-order chi connectivity index (χ0) is 14.0. The maximum absolute atomic E-state index is 12.2. The van der Waals surface area contributed by atoms with Gasteiger partial charge in [-0.15, -0.1) is 11.3 Å². The van der Waals surface area contributed by atoms with Crippen molar-refractivity contribution in [1.82, 2.24) is 0 Å². The molecule has 1 aromatic rings. The topological polar surface area (TPSA) is 75.6 Å². The van der Waals surface area contributed by atoms with E-state index >= 15 is 0 Å². The number of aryl methyl sites for hydroxylation is 1. The highest BCUT2D eigenvalue weighted by Crippen LogP contribution is 2.30. The SMILES string of the molecule is CCC1OCCC1C(=O)Nc1sc(C)cc1C(=O)O. The Hall–Kier alpha value is -1.40. The standard InChI is InChI=1S/C13H17NO4S/c1-3-10-8(4-5-18-10)11(15)14-12-9(13(16)17)6-7(2)19-12/h6,8,10H,3-5H2,1-2H3,(H,14,15)(H,16,17). The third-order valence-corrected chi connectivity index (χ3v) is 4.24. The third kappa shape index (κ3) is 2.96. The van der Waals surface area contributed by atoms with Crippen molar-refractivity contribution < 1.29 is 19.4 Å². The second-order valence-corrected chi connectivity index (χ2v) is 5.86. The number of ether oxygens (including phenoxy) is 1. The first kappa shape index (κ1) is 14.0. The molecule has 0 radical (unpaired) electrons. The van der Waals surface area contributed by atoms with Gasteiger partial charge < -0.3 is 15.2 Å². The van der Waals surface area contributed by atoms with Crippen LogP contribution < -0.4 is 5.32 Å². The van der Waals surface area contributed by atoms with E-state index < -0.39 is 5.97 Å². The lowest BCUT2D eigenvalue weighted by Crippen LogP contribution is -2.29. The van der Waals surface area contributed by atoms with Gasteiger partial charge in [-0.3, -0.25) is 4.79 Å². The van der Waals surface area contributed by atoms with Crippen LogP contribution >= 0.6 is 11.3 Å². The Morgan fingerprint density at radius 1 is 1.58 bits per heavy atom. The van der Waals surface area contributed by atoms with Crippen LogP contribution in [0.2, 0.25) is 0 Å². The van der Waals surface area contributed by atoms with Crippen LogP contribution in [0.25, 0.3) is 0 Å². The number of carboxylic acids is 1. The smallest absolute Gasteiger partial charge is 0.338 e. The second-order valence-electron chi connectivity index (χ2n) is 4.61. The summed E-state index contributed by atoms with van der Waals surface area (Å²) in [6.45, 7) is 4.39. The fourth-order valence-corrected chi connectivity index (χ4v) is 3.23. The molecule has 19 heavy (non-hydrogen) atoms. The molecule has 0 aromatic carbocycles. The second kappa shape index (κ2) is 5.71. The summed E-state index contributed by atoms with van der Waals surface area (Å²) in [4.78, 5) is 24.1. The zero-order valence-corrected chi connectivity index (χ0v) is 11.8. The van der Waals surface area contributed by atoms with E-state index in [1.54, 1.807) is 6.07 Å². The van der Waals surface area contributed by atoms with Crippen molar-refractivity contribution in [3.63, 3.8) is 0 Å². The summed E-state index contributed by atoms with van der Waals surface area (Å²) in [6.07, 6.45) is 1.42. The van der Waals surface area contributed by atoms with E-state index in [0.29, 0.717) is 18.0 Å². The maximum atomic E-state index is 12.2. The van der Waals surface area contributed by atoms with Crippen LogP contribution in [0.1, 0.15) is 35.0 Å². The molecule has 2 unspecified atom stereocenters. The molecular formula is C13H17NO4S. The van der Waals surface area contributed by atoms with Gasteiger partial charge in [-0.25, -0.2) is 4.79 Å².